The fourth-order valence-corrected chi connectivity index (χ4v) is 1.06. The molecule has 0 aliphatic carbocycles. The molecule has 0 aliphatic rings. The van der Waals surface area contributed by atoms with Crippen LogP contribution in [0.4, 0.5) is 0 Å². The van der Waals surface area contributed by atoms with E-state index in [9.17, 15) is 0 Å². The molecule has 0 saturated heterocycles. The van der Waals surface area contributed by atoms with Gasteiger partial charge in [-0.3, -0.25) is 5.10 Å². The largest absolute Gasteiger partial charge is 0.449 e. The first-order chi connectivity index (χ1) is 6.29. The number of H-pyrrole nitrogens is 1. The molecule has 13 heavy (non-hydrogen) atoms. The van der Waals surface area contributed by atoms with Crippen LogP contribution in [0, 0.1) is 6.92 Å². The summed E-state index contributed by atoms with van der Waals surface area (Å²) in [7, 11) is 0. The molecule has 0 amide bonds. The van der Waals surface area contributed by atoms with Gasteiger partial charge in [0.05, 0.1) is 5.88 Å². The lowest BCUT2D eigenvalue weighted by Crippen LogP contribution is -1.81. The van der Waals surface area contributed by atoms with E-state index in [1.807, 2.05) is 0 Å². The summed E-state index contributed by atoms with van der Waals surface area (Å²) >= 11 is 5.56. The highest BCUT2D eigenvalue weighted by Gasteiger charge is 2.08. The number of hydrogen-bond donors (Lipinski definition) is 1. The lowest BCUT2D eigenvalue weighted by atomic mass is 10.5. The van der Waals surface area contributed by atoms with Crippen LogP contribution >= 0.6 is 11.6 Å². The smallest absolute Gasteiger partial charge is 0.203 e. The molecule has 0 fully saturated rings. The predicted octanol–water partition coefficient (Wildman–Crippen LogP) is 1.51. The zero-order chi connectivity index (χ0) is 9.26. The van der Waals surface area contributed by atoms with Gasteiger partial charge in [0, 0.05) is 6.92 Å². The van der Waals surface area contributed by atoms with Gasteiger partial charge in [0.1, 0.15) is 17.8 Å². The maximum absolute atomic E-state index is 5.56. The Morgan fingerprint density at radius 1 is 1.54 bits per heavy atom. The van der Waals surface area contributed by atoms with Crippen LogP contribution in [0.1, 0.15) is 11.7 Å². The first-order valence-electron chi connectivity index (χ1n) is 3.69. The molecule has 2 rings (SSSR count). The Labute approximate surface area is 79.2 Å². The second-order valence-corrected chi connectivity index (χ2v) is 2.76. The lowest BCUT2D eigenvalue weighted by Gasteiger charge is -1.81. The summed E-state index contributed by atoms with van der Waals surface area (Å²) < 4.78 is 5.02. The molecule has 0 saturated carbocycles. The highest BCUT2D eigenvalue weighted by atomic mass is 35.5. The van der Waals surface area contributed by atoms with E-state index in [2.05, 4.69) is 20.2 Å². The number of aromatic amines is 1. The van der Waals surface area contributed by atoms with Crippen LogP contribution < -0.4 is 0 Å². The molecule has 0 atom stereocenters. The van der Waals surface area contributed by atoms with E-state index in [1.54, 1.807) is 6.92 Å². The summed E-state index contributed by atoms with van der Waals surface area (Å²) in [6.07, 6.45) is 1.51. The Morgan fingerprint density at radius 2 is 2.38 bits per heavy atom. The van der Waals surface area contributed by atoms with Gasteiger partial charge < -0.3 is 4.42 Å². The molecule has 0 bridgehead atoms. The summed E-state index contributed by atoms with van der Waals surface area (Å²) in [5, 5.41) is 6.62. The number of alkyl halides is 1. The fourth-order valence-electron chi connectivity index (χ4n) is 0.936. The predicted molar refractivity (Wildman–Crippen MR) is 46.2 cm³/mol. The van der Waals surface area contributed by atoms with Gasteiger partial charge in [0.25, 0.3) is 0 Å². The Hall–Kier alpha value is -1.36. The minimum Gasteiger partial charge on any atom is -0.449 e. The third-order valence-electron chi connectivity index (χ3n) is 1.51. The summed E-state index contributed by atoms with van der Waals surface area (Å²) in [4.78, 5) is 8.17. The van der Waals surface area contributed by atoms with Crippen LogP contribution in [0.25, 0.3) is 11.5 Å². The molecule has 0 aromatic carbocycles. The van der Waals surface area contributed by atoms with Crippen LogP contribution in [-0.2, 0) is 5.88 Å². The molecule has 0 unspecified atom stereocenters. The number of nitrogens with zero attached hydrogens (tertiary/aromatic N) is 3. The lowest BCUT2D eigenvalue weighted by molar-refractivity contribution is 0.521. The topological polar surface area (TPSA) is 67.6 Å². The molecule has 0 spiro atoms. The van der Waals surface area contributed by atoms with Crippen LogP contribution in [0.5, 0.6) is 0 Å². The van der Waals surface area contributed by atoms with Crippen molar-refractivity contribution < 1.29 is 4.42 Å². The average molecular weight is 199 g/mol. The van der Waals surface area contributed by atoms with Crippen molar-refractivity contribution in [2.24, 2.45) is 0 Å². The maximum Gasteiger partial charge on any atom is 0.203 e. The van der Waals surface area contributed by atoms with Crippen molar-refractivity contribution in [3.05, 3.63) is 18.0 Å². The number of rotatable bonds is 2. The SMILES string of the molecule is Cc1nc(-c2n[nH]c(CCl)n2)co1. The minimum atomic E-state index is 0.309. The monoisotopic (exact) mass is 198 g/mol. The number of aromatic nitrogens is 4. The zero-order valence-electron chi connectivity index (χ0n) is 6.91. The quantitative estimate of drug-likeness (QED) is 0.743. The maximum atomic E-state index is 5.56. The van der Waals surface area contributed by atoms with Gasteiger partial charge >= 0.3 is 0 Å². The van der Waals surface area contributed by atoms with Crippen molar-refractivity contribution in [2.45, 2.75) is 12.8 Å². The van der Waals surface area contributed by atoms with Gasteiger partial charge in [-0.15, -0.1) is 11.6 Å². The number of nitrogens with one attached hydrogen (secondary N) is 1. The van der Waals surface area contributed by atoms with E-state index in [-0.39, 0.29) is 0 Å². The van der Waals surface area contributed by atoms with E-state index < -0.39 is 0 Å². The van der Waals surface area contributed by atoms with E-state index in [0.29, 0.717) is 29.1 Å². The second kappa shape index (κ2) is 3.18. The molecule has 2 aromatic rings. The van der Waals surface area contributed by atoms with Crippen molar-refractivity contribution in [2.75, 3.05) is 0 Å². The van der Waals surface area contributed by atoms with E-state index in [0.717, 1.165) is 0 Å². The first-order valence-corrected chi connectivity index (χ1v) is 4.23. The summed E-state index contributed by atoms with van der Waals surface area (Å²) in [5.74, 6) is 2.03. The number of aryl methyl sites for hydroxylation is 1. The van der Waals surface area contributed by atoms with Gasteiger partial charge in [-0.2, -0.15) is 5.10 Å². The van der Waals surface area contributed by atoms with Gasteiger partial charge in [0.15, 0.2) is 5.89 Å². The Bertz CT molecular complexity index is 408. The average Bonchev–Trinajstić information content (AvgIpc) is 2.71. The third kappa shape index (κ3) is 1.55. The molecule has 0 aliphatic heterocycles. The van der Waals surface area contributed by atoms with E-state index in [4.69, 9.17) is 16.0 Å². The molecule has 68 valence electrons. The standard InChI is InChI=1S/C7H7ClN4O/c1-4-9-5(3-13-4)7-10-6(2-8)11-12-7/h3H,2H2,1H3,(H,10,11,12). The van der Waals surface area contributed by atoms with E-state index in [1.165, 1.54) is 6.26 Å². The number of oxazole rings is 1. The third-order valence-corrected chi connectivity index (χ3v) is 1.76. The normalized spacial score (nSPS) is 10.6. The molecule has 2 heterocycles. The van der Waals surface area contributed by atoms with Crippen LogP contribution in [-0.4, -0.2) is 20.2 Å². The summed E-state index contributed by atoms with van der Waals surface area (Å²) in [5.41, 5.74) is 0.616. The highest BCUT2D eigenvalue weighted by molar-refractivity contribution is 6.16. The summed E-state index contributed by atoms with van der Waals surface area (Å²) in [6.45, 7) is 1.76. The van der Waals surface area contributed by atoms with Gasteiger partial charge in [-0.25, -0.2) is 9.97 Å². The molecule has 5 nitrogen and oxygen atoms in total. The highest BCUT2D eigenvalue weighted by Crippen LogP contribution is 2.13. The second-order valence-electron chi connectivity index (χ2n) is 2.49. The summed E-state index contributed by atoms with van der Waals surface area (Å²) in [6, 6.07) is 0. The molecule has 6 heteroatoms. The molecule has 0 radical (unpaired) electrons. The van der Waals surface area contributed by atoms with Gasteiger partial charge in [-0.1, -0.05) is 0 Å². The van der Waals surface area contributed by atoms with Crippen LogP contribution in [0.3, 0.4) is 0 Å². The fraction of sp³-hybridized carbons (Fsp3) is 0.286. The van der Waals surface area contributed by atoms with E-state index >= 15 is 0 Å². The number of halogens is 1. The Morgan fingerprint density at radius 3 is 2.92 bits per heavy atom. The molecular weight excluding hydrogens is 192 g/mol. The van der Waals surface area contributed by atoms with Crippen molar-refractivity contribution in [3.8, 4) is 11.5 Å². The first kappa shape index (κ1) is 8.25. The van der Waals surface area contributed by atoms with Gasteiger partial charge in [-0.05, 0) is 0 Å². The van der Waals surface area contributed by atoms with Gasteiger partial charge in [0.2, 0.25) is 5.82 Å². The number of hydrogen-bond acceptors (Lipinski definition) is 4. The molecular formula is C7H7ClN4O. The zero-order valence-corrected chi connectivity index (χ0v) is 7.67. The van der Waals surface area contributed by atoms with Crippen molar-refractivity contribution >= 4 is 11.6 Å². The Kier molecular flexibility index (Phi) is 2.02. The minimum absolute atomic E-state index is 0.309. The Balaban J connectivity index is 2.35. The molecule has 2 aromatic heterocycles. The molecule has 1 N–H and O–H groups in total. The van der Waals surface area contributed by atoms with Crippen LogP contribution in [0.2, 0.25) is 0 Å². The van der Waals surface area contributed by atoms with Crippen molar-refractivity contribution in [3.63, 3.8) is 0 Å². The van der Waals surface area contributed by atoms with Crippen molar-refractivity contribution in [1.82, 2.24) is 20.2 Å². The van der Waals surface area contributed by atoms with Crippen molar-refractivity contribution in [1.29, 1.82) is 0 Å². The van der Waals surface area contributed by atoms with Crippen LogP contribution in [0.15, 0.2) is 10.7 Å².